The van der Waals surface area contributed by atoms with Crippen LogP contribution in [0.3, 0.4) is 0 Å². The van der Waals surface area contributed by atoms with E-state index in [1.54, 1.807) is 0 Å². The first-order valence-electron chi connectivity index (χ1n) is 6.84. The lowest BCUT2D eigenvalue weighted by Gasteiger charge is -2.08. The van der Waals surface area contributed by atoms with Crippen LogP contribution < -0.4 is 10.6 Å². The van der Waals surface area contributed by atoms with E-state index in [-0.39, 0.29) is 6.03 Å². The summed E-state index contributed by atoms with van der Waals surface area (Å²) in [4.78, 5) is 19.0. The maximum absolute atomic E-state index is 11.6. The van der Waals surface area contributed by atoms with Gasteiger partial charge in [0.1, 0.15) is 5.65 Å². The molecule has 21 heavy (non-hydrogen) atoms. The standard InChI is InChI=1S/C16H16N4O/c1-2-17-16(21)20-14-5-3-4-11(9-14)13-8-12-6-7-18-15(12)19-10-13/h3-10H,2H2,1H3,(H,18,19)(H2,17,20,21). The molecule has 106 valence electrons. The highest BCUT2D eigenvalue weighted by Gasteiger charge is 2.04. The molecule has 0 saturated carbocycles. The third kappa shape index (κ3) is 2.86. The number of hydrogen-bond donors (Lipinski definition) is 3. The molecular weight excluding hydrogens is 264 g/mol. The van der Waals surface area contributed by atoms with Gasteiger partial charge in [-0.1, -0.05) is 12.1 Å². The molecule has 3 N–H and O–H groups in total. The van der Waals surface area contributed by atoms with Crippen molar-refractivity contribution in [1.29, 1.82) is 0 Å². The number of amides is 2. The number of aromatic nitrogens is 2. The summed E-state index contributed by atoms with van der Waals surface area (Å²) in [5.74, 6) is 0. The van der Waals surface area contributed by atoms with E-state index in [4.69, 9.17) is 0 Å². The Morgan fingerprint density at radius 1 is 1.24 bits per heavy atom. The van der Waals surface area contributed by atoms with E-state index in [1.165, 1.54) is 0 Å². The van der Waals surface area contributed by atoms with Gasteiger partial charge in [0.15, 0.2) is 0 Å². The Morgan fingerprint density at radius 2 is 2.14 bits per heavy atom. The minimum absolute atomic E-state index is 0.200. The highest BCUT2D eigenvalue weighted by atomic mass is 16.2. The quantitative estimate of drug-likeness (QED) is 0.688. The zero-order valence-corrected chi connectivity index (χ0v) is 11.7. The molecule has 5 nitrogen and oxygen atoms in total. The topological polar surface area (TPSA) is 69.8 Å². The Hall–Kier alpha value is -2.82. The van der Waals surface area contributed by atoms with Crippen LogP contribution in [0.25, 0.3) is 22.2 Å². The molecule has 0 radical (unpaired) electrons. The molecule has 0 aliphatic heterocycles. The van der Waals surface area contributed by atoms with Gasteiger partial charge in [-0.15, -0.1) is 0 Å². The van der Waals surface area contributed by atoms with Crippen LogP contribution in [0.2, 0.25) is 0 Å². The number of hydrogen-bond acceptors (Lipinski definition) is 2. The average molecular weight is 280 g/mol. The first-order chi connectivity index (χ1) is 10.3. The third-order valence-electron chi connectivity index (χ3n) is 3.19. The van der Waals surface area contributed by atoms with Gasteiger partial charge in [0.2, 0.25) is 0 Å². The fraction of sp³-hybridized carbons (Fsp3) is 0.125. The number of fused-ring (bicyclic) bond motifs is 1. The summed E-state index contributed by atoms with van der Waals surface area (Å²) in [5.41, 5.74) is 3.66. The largest absolute Gasteiger partial charge is 0.346 e. The number of rotatable bonds is 3. The van der Waals surface area contributed by atoms with Crippen LogP contribution in [0.5, 0.6) is 0 Å². The molecule has 0 fully saturated rings. The van der Waals surface area contributed by atoms with Crippen LogP contribution in [0, 0.1) is 0 Å². The minimum atomic E-state index is -0.200. The molecule has 0 saturated heterocycles. The highest BCUT2D eigenvalue weighted by Crippen LogP contribution is 2.24. The molecule has 3 rings (SSSR count). The Kier molecular flexibility index (Phi) is 3.55. The molecule has 1 aromatic carbocycles. The predicted molar refractivity (Wildman–Crippen MR) is 84.2 cm³/mol. The number of H-pyrrole nitrogens is 1. The van der Waals surface area contributed by atoms with E-state index < -0.39 is 0 Å². The Bertz CT molecular complexity index is 779. The minimum Gasteiger partial charge on any atom is -0.346 e. The van der Waals surface area contributed by atoms with Crippen LogP contribution in [0.4, 0.5) is 10.5 Å². The molecule has 0 spiro atoms. The van der Waals surface area contributed by atoms with Crippen LogP contribution in [-0.4, -0.2) is 22.5 Å². The number of benzene rings is 1. The van der Waals surface area contributed by atoms with Crippen molar-refractivity contribution in [2.45, 2.75) is 6.92 Å². The van der Waals surface area contributed by atoms with E-state index in [1.807, 2.05) is 49.6 Å². The van der Waals surface area contributed by atoms with Crippen LogP contribution >= 0.6 is 0 Å². The molecule has 0 aliphatic rings. The second kappa shape index (κ2) is 5.66. The van der Waals surface area contributed by atoms with E-state index in [0.29, 0.717) is 6.54 Å². The average Bonchev–Trinajstić information content (AvgIpc) is 2.95. The van der Waals surface area contributed by atoms with Crippen molar-refractivity contribution in [3.8, 4) is 11.1 Å². The lowest BCUT2D eigenvalue weighted by molar-refractivity contribution is 0.252. The van der Waals surface area contributed by atoms with Crippen LogP contribution in [0.15, 0.2) is 48.8 Å². The number of anilines is 1. The monoisotopic (exact) mass is 280 g/mol. The summed E-state index contributed by atoms with van der Waals surface area (Å²) >= 11 is 0. The molecular formula is C16H16N4O. The number of aromatic amines is 1. The van der Waals surface area contributed by atoms with Gasteiger partial charge in [-0.3, -0.25) is 0 Å². The van der Waals surface area contributed by atoms with Crippen molar-refractivity contribution in [3.63, 3.8) is 0 Å². The lowest BCUT2D eigenvalue weighted by Crippen LogP contribution is -2.28. The number of pyridine rings is 1. The lowest BCUT2D eigenvalue weighted by atomic mass is 10.1. The fourth-order valence-electron chi connectivity index (χ4n) is 2.21. The smallest absolute Gasteiger partial charge is 0.319 e. The fourth-order valence-corrected chi connectivity index (χ4v) is 2.21. The summed E-state index contributed by atoms with van der Waals surface area (Å²) in [7, 11) is 0. The molecule has 0 bridgehead atoms. The summed E-state index contributed by atoms with van der Waals surface area (Å²) in [6, 6.07) is 11.6. The summed E-state index contributed by atoms with van der Waals surface area (Å²) in [6.07, 6.45) is 3.69. The van der Waals surface area contributed by atoms with E-state index >= 15 is 0 Å². The Morgan fingerprint density at radius 3 is 3.00 bits per heavy atom. The molecule has 5 heteroatoms. The summed E-state index contributed by atoms with van der Waals surface area (Å²) in [6.45, 7) is 2.48. The van der Waals surface area contributed by atoms with Crippen molar-refractivity contribution in [2.75, 3.05) is 11.9 Å². The predicted octanol–water partition coefficient (Wildman–Crippen LogP) is 3.37. The number of carbonyl (C=O) groups is 1. The number of urea groups is 1. The first-order valence-corrected chi connectivity index (χ1v) is 6.84. The molecule has 2 amide bonds. The second-order valence-electron chi connectivity index (χ2n) is 4.70. The molecule has 3 aromatic rings. The molecule has 0 unspecified atom stereocenters. The first kappa shape index (κ1) is 13.2. The Labute approximate surface area is 122 Å². The number of nitrogens with zero attached hydrogens (tertiary/aromatic N) is 1. The van der Waals surface area contributed by atoms with Crippen LogP contribution in [-0.2, 0) is 0 Å². The van der Waals surface area contributed by atoms with E-state index in [0.717, 1.165) is 27.8 Å². The maximum atomic E-state index is 11.6. The normalized spacial score (nSPS) is 10.5. The van der Waals surface area contributed by atoms with Crippen molar-refractivity contribution in [3.05, 3.63) is 48.8 Å². The third-order valence-corrected chi connectivity index (χ3v) is 3.19. The van der Waals surface area contributed by atoms with Gasteiger partial charge < -0.3 is 15.6 Å². The van der Waals surface area contributed by atoms with Gasteiger partial charge in [0, 0.05) is 35.6 Å². The highest BCUT2D eigenvalue weighted by molar-refractivity contribution is 5.90. The molecule has 2 heterocycles. The van der Waals surface area contributed by atoms with Gasteiger partial charge in [0.05, 0.1) is 0 Å². The van der Waals surface area contributed by atoms with Gasteiger partial charge in [-0.2, -0.15) is 0 Å². The zero-order valence-electron chi connectivity index (χ0n) is 11.7. The van der Waals surface area contributed by atoms with Crippen molar-refractivity contribution in [1.82, 2.24) is 15.3 Å². The van der Waals surface area contributed by atoms with Crippen molar-refractivity contribution >= 4 is 22.8 Å². The second-order valence-corrected chi connectivity index (χ2v) is 4.70. The van der Waals surface area contributed by atoms with Gasteiger partial charge in [-0.05, 0) is 36.8 Å². The Balaban J connectivity index is 1.89. The summed E-state index contributed by atoms with van der Waals surface area (Å²) < 4.78 is 0. The van der Waals surface area contributed by atoms with Crippen LogP contribution in [0.1, 0.15) is 6.92 Å². The SMILES string of the molecule is CCNC(=O)Nc1cccc(-c2cnc3[nH]ccc3c2)c1. The van der Waals surface area contributed by atoms with E-state index in [2.05, 4.69) is 26.7 Å². The molecule has 0 aliphatic carbocycles. The van der Waals surface area contributed by atoms with Crippen molar-refractivity contribution < 1.29 is 4.79 Å². The summed E-state index contributed by atoms with van der Waals surface area (Å²) in [5, 5.41) is 6.58. The number of nitrogens with one attached hydrogen (secondary N) is 3. The molecule has 0 atom stereocenters. The number of carbonyl (C=O) groups excluding carboxylic acids is 1. The van der Waals surface area contributed by atoms with Gasteiger partial charge in [-0.25, -0.2) is 9.78 Å². The van der Waals surface area contributed by atoms with Crippen molar-refractivity contribution in [2.24, 2.45) is 0 Å². The van der Waals surface area contributed by atoms with Gasteiger partial charge in [0.25, 0.3) is 0 Å². The van der Waals surface area contributed by atoms with E-state index in [9.17, 15) is 4.79 Å². The molecule has 2 aromatic heterocycles. The van der Waals surface area contributed by atoms with Gasteiger partial charge >= 0.3 is 6.03 Å². The zero-order chi connectivity index (χ0) is 14.7. The maximum Gasteiger partial charge on any atom is 0.319 e.